The maximum atomic E-state index is 9.29. The quantitative estimate of drug-likeness (QED) is 0.738. The zero-order valence-corrected chi connectivity index (χ0v) is 11.9. The zero-order chi connectivity index (χ0) is 13.4. The maximum Gasteiger partial charge on any atom is 0.149 e. The number of likely N-dealkylation sites (N-methyl/N-ethyl adjacent to an activating group) is 1. The molecule has 100 valence electrons. The molecule has 0 amide bonds. The van der Waals surface area contributed by atoms with E-state index in [0.717, 1.165) is 44.0 Å². The van der Waals surface area contributed by atoms with Crippen LogP contribution in [-0.4, -0.2) is 36.6 Å². The maximum absolute atomic E-state index is 9.29. The fraction of sp³-hybridized carbons (Fsp3) is 0.571. The van der Waals surface area contributed by atoms with Crippen molar-refractivity contribution in [3.05, 3.63) is 21.8 Å². The molecule has 19 heavy (non-hydrogen) atoms. The average Bonchev–Trinajstić information content (AvgIpc) is 2.92. The molecule has 1 aromatic heterocycles. The summed E-state index contributed by atoms with van der Waals surface area (Å²) in [7, 11) is 2.11. The van der Waals surface area contributed by atoms with Crippen LogP contribution in [0.5, 0.6) is 0 Å². The third-order valence-electron chi connectivity index (χ3n) is 4.04. The number of halogens is 1. The van der Waals surface area contributed by atoms with Gasteiger partial charge >= 0.3 is 0 Å². The highest BCUT2D eigenvalue weighted by molar-refractivity contribution is 6.30. The Balaban J connectivity index is 2.14. The van der Waals surface area contributed by atoms with Crippen molar-refractivity contribution in [3.63, 3.8) is 0 Å². The van der Waals surface area contributed by atoms with Crippen molar-refractivity contribution in [1.29, 1.82) is 5.26 Å². The van der Waals surface area contributed by atoms with Crippen LogP contribution in [0, 0.1) is 11.3 Å². The van der Waals surface area contributed by atoms with Gasteiger partial charge in [-0.2, -0.15) is 5.26 Å². The van der Waals surface area contributed by atoms with Gasteiger partial charge in [-0.05, 0) is 31.9 Å². The van der Waals surface area contributed by atoms with E-state index in [0.29, 0.717) is 10.7 Å². The van der Waals surface area contributed by atoms with Crippen molar-refractivity contribution < 1.29 is 0 Å². The zero-order valence-electron chi connectivity index (χ0n) is 11.1. The lowest BCUT2D eigenvalue weighted by Crippen LogP contribution is -2.31. The monoisotopic (exact) mass is 276 g/mol. The van der Waals surface area contributed by atoms with Crippen molar-refractivity contribution in [2.24, 2.45) is 0 Å². The second kappa shape index (κ2) is 4.99. The first-order chi connectivity index (χ1) is 9.20. The van der Waals surface area contributed by atoms with Crippen LogP contribution >= 0.6 is 11.6 Å². The second-order valence-corrected chi connectivity index (χ2v) is 5.71. The SMILES string of the molecule is CN1CCc2c(C#N)c(Cl)nc(N3CCCC3)c2C1. The van der Waals surface area contributed by atoms with Gasteiger partial charge in [0, 0.05) is 31.7 Å². The number of pyridine rings is 1. The molecule has 4 nitrogen and oxygen atoms in total. The fourth-order valence-corrected chi connectivity index (χ4v) is 3.26. The van der Waals surface area contributed by atoms with Crippen molar-refractivity contribution in [2.75, 3.05) is 31.6 Å². The van der Waals surface area contributed by atoms with Crippen molar-refractivity contribution >= 4 is 17.4 Å². The Kier molecular flexibility index (Phi) is 3.34. The van der Waals surface area contributed by atoms with E-state index in [1.54, 1.807) is 0 Å². The predicted molar refractivity (Wildman–Crippen MR) is 75.4 cm³/mol. The van der Waals surface area contributed by atoms with E-state index in [1.807, 2.05) is 0 Å². The molecule has 0 radical (unpaired) electrons. The fourth-order valence-electron chi connectivity index (χ4n) is 3.02. The highest BCUT2D eigenvalue weighted by atomic mass is 35.5. The number of nitrogens with zero attached hydrogens (tertiary/aromatic N) is 4. The largest absolute Gasteiger partial charge is 0.356 e. The van der Waals surface area contributed by atoms with E-state index in [1.165, 1.54) is 18.4 Å². The molecule has 1 fully saturated rings. The first-order valence-electron chi connectivity index (χ1n) is 6.75. The molecular formula is C14H17ClN4. The molecule has 1 saturated heterocycles. The van der Waals surface area contributed by atoms with Gasteiger partial charge in [0.25, 0.3) is 0 Å². The Morgan fingerprint density at radius 2 is 1.95 bits per heavy atom. The summed E-state index contributed by atoms with van der Waals surface area (Å²) in [5.74, 6) is 1.00. The van der Waals surface area contributed by atoms with Gasteiger partial charge < -0.3 is 9.80 Å². The van der Waals surface area contributed by atoms with Gasteiger partial charge in [0.1, 0.15) is 17.0 Å². The first kappa shape index (κ1) is 12.7. The number of aromatic nitrogens is 1. The van der Waals surface area contributed by atoms with Crippen molar-refractivity contribution in [3.8, 4) is 6.07 Å². The van der Waals surface area contributed by atoms with E-state index >= 15 is 0 Å². The van der Waals surface area contributed by atoms with Gasteiger partial charge in [-0.15, -0.1) is 0 Å². The lowest BCUT2D eigenvalue weighted by atomic mass is 9.96. The molecule has 3 heterocycles. The predicted octanol–water partition coefficient (Wildman–Crippen LogP) is 2.19. The highest BCUT2D eigenvalue weighted by Crippen LogP contribution is 2.34. The molecule has 3 rings (SSSR count). The lowest BCUT2D eigenvalue weighted by molar-refractivity contribution is 0.312. The molecular weight excluding hydrogens is 260 g/mol. The van der Waals surface area contributed by atoms with Crippen LogP contribution in [0.2, 0.25) is 5.15 Å². The minimum Gasteiger partial charge on any atom is -0.356 e. The summed E-state index contributed by atoms with van der Waals surface area (Å²) in [5.41, 5.74) is 2.90. The van der Waals surface area contributed by atoms with Gasteiger partial charge in [0.2, 0.25) is 0 Å². The third-order valence-corrected chi connectivity index (χ3v) is 4.31. The van der Waals surface area contributed by atoms with E-state index in [4.69, 9.17) is 11.6 Å². The topological polar surface area (TPSA) is 43.2 Å². The van der Waals surface area contributed by atoms with Crippen LogP contribution in [0.15, 0.2) is 0 Å². The first-order valence-corrected chi connectivity index (χ1v) is 7.13. The molecule has 0 aliphatic carbocycles. The standard InChI is InChI=1S/C14H17ClN4/c1-18-7-4-10-11(8-16)13(15)17-14(12(10)9-18)19-5-2-3-6-19/h2-7,9H2,1H3. The van der Waals surface area contributed by atoms with Crippen LogP contribution in [-0.2, 0) is 13.0 Å². The van der Waals surface area contributed by atoms with Gasteiger partial charge in [0.05, 0.1) is 5.56 Å². The molecule has 0 unspecified atom stereocenters. The van der Waals surface area contributed by atoms with E-state index in [9.17, 15) is 5.26 Å². The number of fused-ring (bicyclic) bond motifs is 1. The number of nitriles is 1. The number of anilines is 1. The molecule has 0 N–H and O–H groups in total. The molecule has 1 aromatic rings. The van der Waals surface area contributed by atoms with Crippen LogP contribution in [0.25, 0.3) is 0 Å². The Hall–Kier alpha value is -1.31. The van der Waals surface area contributed by atoms with Gasteiger partial charge in [0.15, 0.2) is 0 Å². The highest BCUT2D eigenvalue weighted by Gasteiger charge is 2.27. The van der Waals surface area contributed by atoms with Gasteiger partial charge in [-0.3, -0.25) is 0 Å². The summed E-state index contributed by atoms with van der Waals surface area (Å²) in [6, 6.07) is 2.22. The Bertz CT molecular complexity index is 543. The Morgan fingerprint density at radius 1 is 1.21 bits per heavy atom. The normalized spacial score (nSPS) is 19.3. The summed E-state index contributed by atoms with van der Waals surface area (Å²) >= 11 is 6.21. The molecule has 2 aliphatic rings. The van der Waals surface area contributed by atoms with E-state index < -0.39 is 0 Å². The smallest absolute Gasteiger partial charge is 0.149 e. The average molecular weight is 277 g/mol. The molecule has 2 aliphatic heterocycles. The van der Waals surface area contributed by atoms with Gasteiger partial charge in [-0.1, -0.05) is 11.6 Å². The number of hydrogen-bond donors (Lipinski definition) is 0. The van der Waals surface area contributed by atoms with E-state index in [2.05, 4.69) is 27.9 Å². The van der Waals surface area contributed by atoms with Gasteiger partial charge in [-0.25, -0.2) is 4.98 Å². The number of rotatable bonds is 1. The summed E-state index contributed by atoms with van der Waals surface area (Å²) in [4.78, 5) is 9.10. The molecule has 0 bridgehead atoms. The summed E-state index contributed by atoms with van der Waals surface area (Å²) in [5, 5.41) is 9.66. The van der Waals surface area contributed by atoms with Crippen LogP contribution in [0.1, 0.15) is 29.5 Å². The van der Waals surface area contributed by atoms with E-state index in [-0.39, 0.29) is 0 Å². The molecule has 0 spiro atoms. The molecule has 0 atom stereocenters. The minimum atomic E-state index is 0.368. The van der Waals surface area contributed by atoms with Crippen LogP contribution in [0.4, 0.5) is 5.82 Å². The molecule has 5 heteroatoms. The van der Waals surface area contributed by atoms with Crippen molar-refractivity contribution in [2.45, 2.75) is 25.8 Å². The van der Waals surface area contributed by atoms with Crippen LogP contribution < -0.4 is 4.90 Å². The summed E-state index contributed by atoms with van der Waals surface area (Å²) in [6.45, 7) is 3.93. The summed E-state index contributed by atoms with van der Waals surface area (Å²) < 4.78 is 0. The number of hydrogen-bond acceptors (Lipinski definition) is 4. The summed E-state index contributed by atoms with van der Waals surface area (Å²) in [6.07, 6.45) is 3.31. The Labute approximate surface area is 118 Å². The van der Waals surface area contributed by atoms with Crippen molar-refractivity contribution in [1.82, 2.24) is 9.88 Å². The molecule has 0 saturated carbocycles. The Morgan fingerprint density at radius 3 is 2.63 bits per heavy atom. The third kappa shape index (κ3) is 2.18. The second-order valence-electron chi connectivity index (χ2n) is 5.35. The minimum absolute atomic E-state index is 0.368. The van der Waals surface area contributed by atoms with Crippen LogP contribution in [0.3, 0.4) is 0 Å². The molecule has 0 aromatic carbocycles. The lowest BCUT2D eigenvalue weighted by Gasteiger charge is -2.30.